The molecule has 0 radical (unpaired) electrons. The van der Waals surface area contributed by atoms with E-state index in [1.54, 1.807) is 6.07 Å². The van der Waals surface area contributed by atoms with Gasteiger partial charge in [-0.05, 0) is 49.5 Å². The Morgan fingerprint density at radius 3 is 2.48 bits per heavy atom. The highest BCUT2D eigenvalue weighted by atomic mass is 19.4. The number of hydrogen-bond acceptors (Lipinski definition) is 4. The van der Waals surface area contributed by atoms with Crippen LogP contribution in [0, 0.1) is 5.92 Å². The van der Waals surface area contributed by atoms with Crippen LogP contribution in [0.1, 0.15) is 49.4 Å². The first-order valence-corrected chi connectivity index (χ1v) is 11.4. The minimum Gasteiger partial charge on any atom is -0.366 e. The van der Waals surface area contributed by atoms with Gasteiger partial charge in [-0.3, -0.25) is 4.79 Å². The molecule has 2 aliphatic rings. The van der Waals surface area contributed by atoms with Gasteiger partial charge in [0.05, 0.1) is 0 Å². The van der Waals surface area contributed by atoms with Crippen LogP contribution in [0.3, 0.4) is 0 Å². The summed E-state index contributed by atoms with van der Waals surface area (Å²) < 4.78 is 42.0. The van der Waals surface area contributed by atoms with Crippen LogP contribution in [0.25, 0.3) is 0 Å². The van der Waals surface area contributed by atoms with Gasteiger partial charge in [-0.1, -0.05) is 44.2 Å². The van der Waals surface area contributed by atoms with Gasteiger partial charge in [0, 0.05) is 36.2 Å². The molecule has 1 fully saturated rings. The fraction of sp³-hybridized carbons (Fsp3) is 0.520. The zero-order chi connectivity index (χ0) is 23.8. The van der Waals surface area contributed by atoms with Crippen molar-refractivity contribution in [2.75, 3.05) is 25.5 Å². The second-order valence-corrected chi connectivity index (χ2v) is 9.67. The minimum absolute atomic E-state index is 0.0354. The SMILES string of the molecule is CN(C(=O)C1CCNCC1)C(c1ccc(NC2Cc3ccccc3C2(C)C)nc1)C(F)(F)F. The van der Waals surface area contributed by atoms with Crippen molar-refractivity contribution in [1.82, 2.24) is 15.2 Å². The van der Waals surface area contributed by atoms with Crippen molar-refractivity contribution in [3.8, 4) is 0 Å². The molecule has 1 aliphatic heterocycles. The molecule has 2 unspecified atom stereocenters. The zero-order valence-electron chi connectivity index (χ0n) is 19.2. The van der Waals surface area contributed by atoms with Crippen LogP contribution in [0.5, 0.6) is 0 Å². The molecule has 1 amide bonds. The molecule has 178 valence electrons. The first-order valence-electron chi connectivity index (χ1n) is 11.4. The van der Waals surface area contributed by atoms with Gasteiger partial charge in [-0.15, -0.1) is 0 Å². The number of amides is 1. The number of aromatic nitrogens is 1. The topological polar surface area (TPSA) is 57.3 Å². The Bertz CT molecular complexity index is 984. The average molecular weight is 461 g/mol. The first-order chi connectivity index (χ1) is 15.6. The summed E-state index contributed by atoms with van der Waals surface area (Å²) in [6.07, 6.45) is -1.43. The predicted molar refractivity (Wildman–Crippen MR) is 122 cm³/mol. The quantitative estimate of drug-likeness (QED) is 0.692. The highest BCUT2D eigenvalue weighted by molar-refractivity contribution is 5.79. The van der Waals surface area contributed by atoms with Gasteiger partial charge < -0.3 is 15.5 Å². The van der Waals surface area contributed by atoms with Crippen molar-refractivity contribution in [2.45, 2.75) is 56.8 Å². The normalized spacial score (nSPS) is 21.3. The summed E-state index contributed by atoms with van der Waals surface area (Å²) in [5, 5.41) is 6.54. The molecule has 1 aliphatic carbocycles. The maximum absolute atomic E-state index is 14.0. The van der Waals surface area contributed by atoms with Gasteiger partial charge in [-0.25, -0.2) is 4.98 Å². The number of anilines is 1. The number of nitrogens with one attached hydrogen (secondary N) is 2. The number of carbonyl (C=O) groups is 1. The van der Waals surface area contributed by atoms with Crippen LogP contribution in [0.4, 0.5) is 19.0 Å². The molecule has 2 heterocycles. The molecule has 1 aromatic heterocycles. The van der Waals surface area contributed by atoms with Crippen LogP contribution in [0.2, 0.25) is 0 Å². The van der Waals surface area contributed by atoms with E-state index in [1.165, 1.54) is 30.4 Å². The van der Waals surface area contributed by atoms with E-state index in [2.05, 4.69) is 41.6 Å². The van der Waals surface area contributed by atoms with Gasteiger partial charge in [-0.2, -0.15) is 13.2 Å². The molecule has 33 heavy (non-hydrogen) atoms. The fourth-order valence-electron chi connectivity index (χ4n) is 5.17. The zero-order valence-corrected chi connectivity index (χ0v) is 19.2. The molecule has 2 atom stereocenters. The van der Waals surface area contributed by atoms with Crippen molar-refractivity contribution in [3.05, 3.63) is 59.3 Å². The lowest BCUT2D eigenvalue weighted by Crippen LogP contribution is -2.45. The average Bonchev–Trinajstić information content (AvgIpc) is 3.04. The summed E-state index contributed by atoms with van der Waals surface area (Å²) in [6, 6.07) is 9.34. The Hall–Kier alpha value is -2.61. The summed E-state index contributed by atoms with van der Waals surface area (Å²) in [4.78, 5) is 17.9. The largest absolute Gasteiger partial charge is 0.413 e. The number of rotatable bonds is 5. The Morgan fingerprint density at radius 2 is 1.88 bits per heavy atom. The smallest absolute Gasteiger partial charge is 0.366 e. The van der Waals surface area contributed by atoms with Crippen molar-refractivity contribution in [1.29, 1.82) is 0 Å². The first kappa shape index (κ1) is 23.5. The summed E-state index contributed by atoms with van der Waals surface area (Å²) in [5.41, 5.74) is 2.38. The molecule has 2 aromatic rings. The van der Waals surface area contributed by atoms with Gasteiger partial charge in [0.15, 0.2) is 6.04 Å². The number of alkyl halides is 3. The molecule has 2 N–H and O–H groups in total. The maximum Gasteiger partial charge on any atom is 0.413 e. The lowest BCUT2D eigenvalue weighted by molar-refractivity contribution is -0.190. The summed E-state index contributed by atoms with van der Waals surface area (Å²) in [7, 11) is 1.24. The second kappa shape index (κ2) is 8.97. The van der Waals surface area contributed by atoms with E-state index in [1.807, 2.05) is 12.1 Å². The fourth-order valence-corrected chi connectivity index (χ4v) is 5.17. The molecule has 0 saturated carbocycles. The number of benzene rings is 1. The molecule has 5 nitrogen and oxygen atoms in total. The highest BCUT2D eigenvalue weighted by Gasteiger charge is 2.46. The number of fused-ring (bicyclic) bond motifs is 1. The Morgan fingerprint density at radius 1 is 1.18 bits per heavy atom. The molecular formula is C25H31F3N4O. The van der Waals surface area contributed by atoms with Gasteiger partial charge in [0.2, 0.25) is 5.91 Å². The minimum atomic E-state index is -4.59. The summed E-state index contributed by atoms with van der Waals surface area (Å²) in [5.74, 6) is -0.328. The van der Waals surface area contributed by atoms with E-state index in [9.17, 15) is 18.0 Å². The van der Waals surface area contributed by atoms with Gasteiger partial charge in [0.25, 0.3) is 0 Å². The van der Waals surface area contributed by atoms with E-state index in [0.717, 1.165) is 11.3 Å². The molecule has 4 rings (SSSR count). The van der Waals surface area contributed by atoms with Gasteiger partial charge in [0.1, 0.15) is 5.82 Å². The highest BCUT2D eigenvalue weighted by Crippen LogP contribution is 2.41. The van der Waals surface area contributed by atoms with Crippen LogP contribution >= 0.6 is 0 Å². The van der Waals surface area contributed by atoms with E-state index in [0.29, 0.717) is 31.7 Å². The maximum atomic E-state index is 14.0. The van der Waals surface area contributed by atoms with Gasteiger partial charge >= 0.3 is 6.18 Å². The monoisotopic (exact) mass is 460 g/mol. The number of piperidine rings is 1. The number of nitrogens with zero attached hydrogens (tertiary/aromatic N) is 2. The number of halogens is 3. The molecule has 0 bridgehead atoms. The third-order valence-electron chi connectivity index (χ3n) is 7.16. The predicted octanol–water partition coefficient (Wildman–Crippen LogP) is 4.46. The Labute approximate surface area is 192 Å². The van der Waals surface area contributed by atoms with E-state index >= 15 is 0 Å². The lowest BCUT2D eigenvalue weighted by Gasteiger charge is -2.34. The number of carbonyl (C=O) groups excluding carboxylic acids is 1. The van der Waals surface area contributed by atoms with Crippen molar-refractivity contribution < 1.29 is 18.0 Å². The third kappa shape index (κ3) is 4.71. The van der Waals surface area contributed by atoms with Crippen LogP contribution in [0.15, 0.2) is 42.6 Å². The molecule has 1 aromatic carbocycles. The molecular weight excluding hydrogens is 429 g/mol. The van der Waals surface area contributed by atoms with E-state index < -0.39 is 18.1 Å². The van der Waals surface area contributed by atoms with Crippen LogP contribution < -0.4 is 10.6 Å². The standard InChI is InChI=1S/C25H31F3N4O/c1-24(2)19-7-5-4-6-17(19)14-20(24)31-21-9-8-18(15-30-21)22(25(26,27)28)32(3)23(33)16-10-12-29-13-11-16/h4-9,15-16,20,22,29H,10-14H2,1-3H3,(H,30,31). The molecule has 8 heteroatoms. The molecule has 1 saturated heterocycles. The number of hydrogen-bond donors (Lipinski definition) is 2. The van der Waals surface area contributed by atoms with E-state index in [4.69, 9.17) is 0 Å². The Balaban J connectivity index is 1.51. The molecule has 0 spiro atoms. The summed E-state index contributed by atoms with van der Waals surface area (Å²) >= 11 is 0. The van der Waals surface area contributed by atoms with Crippen LogP contribution in [-0.2, 0) is 16.6 Å². The third-order valence-corrected chi connectivity index (χ3v) is 7.16. The second-order valence-electron chi connectivity index (χ2n) is 9.67. The van der Waals surface area contributed by atoms with Crippen molar-refractivity contribution >= 4 is 11.7 Å². The summed E-state index contributed by atoms with van der Waals surface area (Å²) in [6.45, 7) is 5.60. The number of pyridine rings is 1. The van der Waals surface area contributed by atoms with Crippen molar-refractivity contribution in [3.63, 3.8) is 0 Å². The Kier molecular flexibility index (Phi) is 6.40. The van der Waals surface area contributed by atoms with E-state index in [-0.39, 0.29) is 22.9 Å². The van der Waals surface area contributed by atoms with Crippen LogP contribution in [-0.4, -0.2) is 48.1 Å². The van der Waals surface area contributed by atoms with Crippen molar-refractivity contribution in [2.24, 2.45) is 5.92 Å². The lowest BCUT2D eigenvalue weighted by atomic mass is 9.83.